The van der Waals surface area contributed by atoms with Crippen LogP contribution in [0.3, 0.4) is 0 Å². The Labute approximate surface area is 132 Å². The molecule has 0 bridgehead atoms. The second kappa shape index (κ2) is 8.11. The Morgan fingerprint density at radius 1 is 1.29 bits per heavy atom. The zero-order valence-electron chi connectivity index (χ0n) is 12.2. The lowest BCUT2D eigenvalue weighted by Gasteiger charge is -2.13. The van der Waals surface area contributed by atoms with E-state index in [1.807, 2.05) is 24.1 Å². The molecular weight excluding hydrogens is 336 g/mol. The highest BCUT2D eigenvalue weighted by Gasteiger charge is 2.10. The normalized spacial score (nSPS) is 10.8. The molecule has 0 fully saturated rings. The minimum atomic E-state index is 0.515. The standard InChI is InChI=1S/C14H19BrN4O2/c1-19(10-11-3-5-12(15)6-4-11)14-18-17-13(21-14)9-16-7-8-20-2/h3-6,16H,7-10H2,1-2H3. The number of benzene rings is 1. The molecule has 114 valence electrons. The largest absolute Gasteiger partial charge is 0.407 e. The molecule has 1 N–H and O–H groups in total. The number of aromatic nitrogens is 2. The van der Waals surface area contributed by atoms with Crippen molar-refractivity contribution in [2.45, 2.75) is 13.1 Å². The number of hydrogen-bond acceptors (Lipinski definition) is 6. The van der Waals surface area contributed by atoms with Crippen LogP contribution in [0.4, 0.5) is 6.01 Å². The van der Waals surface area contributed by atoms with Crippen LogP contribution in [0.5, 0.6) is 0 Å². The monoisotopic (exact) mass is 354 g/mol. The average Bonchev–Trinajstić information content (AvgIpc) is 2.95. The summed E-state index contributed by atoms with van der Waals surface area (Å²) in [6.45, 7) is 2.67. The minimum Gasteiger partial charge on any atom is -0.407 e. The maximum absolute atomic E-state index is 5.61. The SMILES string of the molecule is COCCNCc1nnc(N(C)Cc2ccc(Br)cc2)o1. The maximum Gasteiger partial charge on any atom is 0.318 e. The van der Waals surface area contributed by atoms with Crippen molar-refractivity contribution in [2.24, 2.45) is 0 Å². The quantitative estimate of drug-likeness (QED) is 0.733. The third-order valence-electron chi connectivity index (χ3n) is 2.87. The van der Waals surface area contributed by atoms with Gasteiger partial charge in [-0.2, -0.15) is 0 Å². The first-order valence-electron chi connectivity index (χ1n) is 6.66. The highest BCUT2D eigenvalue weighted by molar-refractivity contribution is 9.10. The molecule has 2 rings (SSSR count). The summed E-state index contributed by atoms with van der Waals surface area (Å²) >= 11 is 3.42. The van der Waals surface area contributed by atoms with Gasteiger partial charge in [-0.15, -0.1) is 5.10 Å². The van der Waals surface area contributed by atoms with Crippen LogP contribution in [-0.2, 0) is 17.8 Å². The predicted molar refractivity (Wildman–Crippen MR) is 84.1 cm³/mol. The second-order valence-electron chi connectivity index (χ2n) is 4.63. The molecule has 0 radical (unpaired) electrons. The summed E-state index contributed by atoms with van der Waals surface area (Å²) in [7, 11) is 3.60. The highest BCUT2D eigenvalue weighted by Crippen LogP contribution is 2.16. The first-order chi connectivity index (χ1) is 10.2. The van der Waals surface area contributed by atoms with Gasteiger partial charge < -0.3 is 19.4 Å². The summed E-state index contributed by atoms with van der Waals surface area (Å²) in [6.07, 6.45) is 0. The number of anilines is 1. The van der Waals surface area contributed by atoms with Gasteiger partial charge in [0.25, 0.3) is 0 Å². The average molecular weight is 355 g/mol. The highest BCUT2D eigenvalue weighted by atomic mass is 79.9. The third kappa shape index (κ3) is 5.11. The van der Waals surface area contributed by atoms with Crippen molar-refractivity contribution in [1.29, 1.82) is 0 Å². The summed E-state index contributed by atoms with van der Waals surface area (Å²) in [5, 5.41) is 11.2. The lowest BCUT2D eigenvalue weighted by Crippen LogP contribution is -2.18. The molecule has 1 aromatic carbocycles. The number of nitrogens with one attached hydrogen (secondary N) is 1. The van der Waals surface area contributed by atoms with Crippen molar-refractivity contribution in [3.8, 4) is 0 Å². The van der Waals surface area contributed by atoms with Crippen LogP contribution in [0, 0.1) is 0 Å². The minimum absolute atomic E-state index is 0.515. The van der Waals surface area contributed by atoms with Crippen molar-refractivity contribution in [3.63, 3.8) is 0 Å². The number of methoxy groups -OCH3 is 1. The van der Waals surface area contributed by atoms with E-state index in [4.69, 9.17) is 9.15 Å². The van der Waals surface area contributed by atoms with Gasteiger partial charge in [-0.25, -0.2) is 0 Å². The van der Waals surface area contributed by atoms with Crippen LogP contribution in [0.2, 0.25) is 0 Å². The molecule has 1 heterocycles. The first-order valence-corrected chi connectivity index (χ1v) is 7.46. The Hall–Kier alpha value is -1.44. The molecule has 0 amide bonds. The molecule has 0 atom stereocenters. The van der Waals surface area contributed by atoms with Crippen LogP contribution in [0.25, 0.3) is 0 Å². The molecule has 0 unspecified atom stereocenters. The zero-order valence-corrected chi connectivity index (χ0v) is 13.8. The number of halogens is 1. The Bertz CT molecular complexity index is 544. The molecular formula is C14H19BrN4O2. The fraction of sp³-hybridized carbons (Fsp3) is 0.429. The first kappa shape index (κ1) is 15.9. The van der Waals surface area contributed by atoms with Crippen molar-refractivity contribution >= 4 is 21.9 Å². The summed E-state index contributed by atoms with van der Waals surface area (Å²) in [6, 6.07) is 8.67. The van der Waals surface area contributed by atoms with E-state index in [1.54, 1.807) is 7.11 Å². The fourth-order valence-electron chi connectivity index (χ4n) is 1.77. The van der Waals surface area contributed by atoms with Crippen LogP contribution in [0.1, 0.15) is 11.5 Å². The molecule has 0 aliphatic rings. The van der Waals surface area contributed by atoms with Gasteiger partial charge in [0.1, 0.15) is 0 Å². The second-order valence-corrected chi connectivity index (χ2v) is 5.55. The molecule has 0 aliphatic carbocycles. The summed E-state index contributed by atoms with van der Waals surface area (Å²) < 4.78 is 11.6. The van der Waals surface area contributed by atoms with Gasteiger partial charge in [-0.3, -0.25) is 0 Å². The molecule has 2 aromatic rings. The summed E-state index contributed by atoms with van der Waals surface area (Å²) in [5.41, 5.74) is 1.18. The molecule has 0 aliphatic heterocycles. The van der Waals surface area contributed by atoms with Crippen molar-refractivity contribution in [2.75, 3.05) is 32.2 Å². The van der Waals surface area contributed by atoms with Crippen LogP contribution in [0.15, 0.2) is 33.2 Å². The van der Waals surface area contributed by atoms with E-state index in [9.17, 15) is 0 Å². The number of rotatable bonds is 8. The predicted octanol–water partition coefficient (Wildman–Crippen LogP) is 2.20. The van der Waals surface area contributed by atoms with Crippen molar-refractivity contribution < 1.29 is 9.15 Å². The van der Waals surface area contributed by atoms with E-state index in [1.165, 1.54) is 5.56 Å². The molecule has 6 nitrogen and oxygen atoms in total. The third-order valence-corrected chi connectivity index (χ3v) is 3.40. The van der Waals surface area contributed by atoms with Gasteiger partial charge in [0, 0.05) is 31.7 Å². The Morgan fingerprint density at radius 3 is 2.76 bits per heavy atom. The Balaban J connectivity index is 1.86. The molecule has 0 saturated carbocycles. The molecule has 1 aromatic heterocycles. The van der Waals surface area contributed by atoms with Crippen LogP contribution >= 0.6 is 15.9 Å². The van der Waals surface area contributed by atoms with Gasteiger partial charge >= 0.3 is 6.01 Å². The van der Waals surface area contributed by atoms with Crippen LogP contribution in [-0.4, -0.2) is 37.5 Å². The van der Waals surface area contributed by atoms with Crippen LogP contribution < -0.4 is 10.2 Å². The van der Waals surface area contributed by atoms with Gasteiger partial charge in [-0.05, 0) is 17.7 Å². The summed E-state index contributed by atoms with van der Waals surface area (Å²) in [5.74, 6) is 0.573. The van der Waals surface area contributed by atoms with Gasteiger partial charge in [0.05, 0.1) is 13.2 Å². The van der Waals surface area contributed by atoms with Gasteiger partial charge in [0.15, 0.2) is 0 Å². The van der Waals surface area contributed by atoms with Crippen molar-refractivity contribution in [1.82, 2.24) is 15.5 Å². The fourth-order valence-corrected chi connectivity index (χ4v) is 2.04. The van der Waals surface area contributed by atoms with Gasteiger partial charge in [0.2, 0.25) is 5.89 Å². The smallest absolute Gasteiger partial charge is 0.318 e. The van der Waals surface area contributed by atoms with E-state index in [-0.39, 0.29) is 0 Å². The number of ether oxygens (including phenoxy) is 1. The molecule has 21 heavy (non-hydrogen) atoms. The zero-order chi connectivity index (χ0) is 15.1. The van der Waals surface area contributed by atoms with Crippen molar-refractivity contribution in [3.05, 3.63) is 40.2 Å². The lowest BCUT2D eigenvalue weighted by molar-refractivity contribution is 0.198. The molecule has 0 saturated heterocycles. The Kier molecular flexibility index (Phi) is 6.16. The van der Waals surface area contributed by atoms with E-state index >= 15 is 0 Å². The van der Waals surface area contributed by atoms with E-state index in [0.717, 1.165) is 11.0 Å². The van der Waals surface area contributed by atoms with E-state index in [2.05, 4.69) is 43.6 Å². The molecule has 7 heteroatoms. The van der Waals surface area contributed by atoms with E-state index in [0.29, 0.717) is 31.6 Å². The van der Waals surface area contributed by atoms with Gasteiger partial charge in [-0.1, -0.05) is 33.2 Å². The number of hydrogen-bond donors (Lipinski definition) is 1. The topological polar surface area (TPSA) is 63.4 Å². The number of nitrogens with zero attached hydrogens (tertiary/aromatic N) is 3. The van der Waals surface area contributed by atoms with E-state index < -0.39 is 0 Å². The lowest BCUT2D eigenvalue weighted by atomic mass is 10.2. The maximum atomic E-state index is 5.61. The Morgan fingerprint density at radius 2 is 2.05 bits per heavy atom. The summed E-state index contributed by atoms with van der Waals surface area (Å²) in [4.78, 5) is 1.93. The molecule has 0 spiro atoms.